The van der Waals surface area contributed by atoms with Gasteiger partial charge in [-0.1, -0.05) is 11.6 Å². The van der Waals surface area contributed by atoms with Crippen LogP contribution in [0.4, 0.5) is 0 Å². The van der Waals surface area contributed by atoms with Gasteiger partial charge < -0.3 is 4.74 Å². The highest BCUT2D eigenvalue weighted by Gasteiger charge is 2.01. The van der Waals surface area contributed by atoms with E-state index in [0.29, 0.717) is 0 Å². The molecule has 0 bridgehead atoms. The van der Waals surface area contributed by atoms with Crippen molar-refractivity contribution >= 4 is 11.6 Å². The average Bonchev–Trinajstić information content (AvgIpc) is 1.88. The zero-order valence-electron chi connectivity index (χ0n) is 5.23. The third-order valence-corrected chi connectivity index (χ3v) is 1.41. The first-order valence-electron chi connectivity index (χ1n) is 2.77. The average molecular weight is 144 g/mol. The summed E-state index contributed by atoms with van der Waals surface area (Å²) in [7, 11) is 1.64. The van der Waals surface area contributed by atoms with E-state index in [1.807, 2.05) is 12.5 Å². The van der Waals surface area contributed by atoms with E-state index in [0.717, 1.165) is 17.2 Å². The molecule has 9 heavy (non-hydrogen) atoms. The quantitative estimate of drug-likeness (QED) is 0.547. The van der Waals surface area contributed by atoms with E-state index in [1.54, 1.807) is 13.2 Å². The van der Waals surface area contributed by atoms with Crippen LogP contribution in [0.1, 0.15) is 6.42 Å². The normalized spacial score (nSPS) is 18.4. The van der Waals surface area contributed by atoms with Gasteiger partial charge in [0.05, 0.1) is 7.11 Å². The summed E-state index contributed by atoms with van der Waals surface area (Å²) in [6.45, 7) is 0. The summed E-state index contributed by atoms with van der Waals surface area (Å²) >= 11 is 5.67. The highest BCUT2D eigenvalue weighted by molar-refractivity contribution is 6.31. The minimum atomic E-state index is 0.759. The molecule has 0 N–H and O–H groups in total. The number of rotatable bonds is 1. The Morgan fingerprint density at radius 2 is 2.44 bits per heavy atom. The Morgan fingerprint density at radius 3 is 2.89 bits per heavy atom. The molecule has 0 saturated heterocycles. The van der Waals surface area contributed by atoms with Crippen molar-refractivity contribution in [3.63, 3.8) is 0 Å². The van der Waals surface area contributed by atoms with Crippen LogP contribution in [-0.2, 0) is 4.74 Å². The van der Waals surface area contributed by atoms with Crippen molar-refractivity contribution in [2.75, 3.05) is 7.11 Å². The smallest absolute Gasteiger partial charge is 0.116 e. The van der Waals surface area contributed by atoms with E-state index in [4.69, 9.17) is 16.3 Å². The summed E-state index contributed by atoms with van der Waals surface area (Å²) in [6.07, 6.45) is 6.58. The number of allylic oxidation sites excluding steroid dienone is 3. The van der Waals surface area contributed by atoms with Crippen molar-refractivity contribution in [3.05, 3.63) is 29.4 Å². The standard InChI is InChI=1S/C7H8ClO/c1-9-7-4-2-3-6(8)5-7/h3-5H,2H2,1H3. The third kappa shape index (κ3) is 1.75. The van der Waals surface area contributed by atoms with Crippen molar-refractivity contribution in [2.24, 2.45) is 0 Å². The fraction of sp³-hybridized carbons (Fsp3) is 0.286. The summed E-state index contributed by atoms with van der Waals surface area (Å²) in [6, 6.07) is 0. The molecule has 1 aliphatic rings. The number of halogens is 1. The van der Waals surface area contributed by atoms with E-state index in [1.165, 1.54) is 0 Å². The fourth-order valence-electron chi connectivity index (χ4n) is 0.684. The van der Waals surface area contributed by atoms with Crippen molar-refractivity contribution in [1.29, 1.82) is 0 Å². The summed E-state index contributed by atoms with van der Waals surface area (Å²) < 4.78 is 4.94. The van der Waals surface area contributed by atoms with Gasteiger partial charge in [-0.2, -0.15) is 0 Å². The molecule has 0 amide bonds. The molecule has 0 spiro atoms. The Bertz CT molecular complexity index is 158. The highest BCUT2D eigenvalue weighted by Crippen LogP contribution is 2.18. The summed E-state index contributed by atoms with van der Waals surface area (Å²) in [5, 5.41) is 0.759. The van der Waals surface area contributed by atoms with Gasteiger partial charge in [-0.3, -0.25) is 0 Å². The second-order valence-corrected chi connectivity index (χ2v) is 2.22. The van der Waals surface area contributed by atoms with Crippen LogP contribution in [-0.4, -0.2) is 7.11 Å². The lowest BCUT2D eigenvalue weighted by molar-refractivity contribution is 0.304. The molecule has 0 aromatic heterocycles. The first kappa shape index (κ1) is 6.69. The molecule has 0 saturated carbocycles. The summed E-state index contributed by atoms with van der Waals surface area (Å²) in [5.74, 6) is 0.850. The maximum atomic E-state index is 5.67. The van der Waals surface area contributed by atoms with E-state index < -0.39 is 0 Å². The molecule has 0 atom stereocenters. The second kappa shape index (κ2) is 2.92. The number of ether oxygens (including phenoxy) is 1. The number of methoxy groups -OCH3 is 1. The molecule has 2 heteroatoms. The van der Waals surface area contributed by atoms with Crippen LogP contribution in [0, 0.1) is 6.42 Å². The summed E-state index contributed by atoms with van der Waals surface area (Å²) in [4.78, 5) is 0. The topological polar surface area (TPSA) is 9.23 Å². The Balaban J connectivity index is 2.63. The van der Waals surface area contributed by atoms with Gasteiger partial charge in [0.1, 0.15) is 5.76 Å². The zero-order valence-corrected chi connectivity index (χ0v) is 5.98. The molecule has 49 valence electrons. The lowest BCUT2D eigenvalue weighted by atomic mass is 10.2. The van der Waals surface area contributed by atoms with Gasteiger partial charge in [0.15, 0.2) is 0 Å². The van der Waals surface area contributed by atoms with Crippen LogP contribution in [0.2, 0.25) is 0 Å². The maximum Gasteiger partial charge on any atom is 0.116 e. The van der Waals surface area contributed by atoms with Gasteiger partial charge in [0.25, 0.3) is 0 Å². The molecule has 0 unspecified atom stereocenters. The summed E-state index contributed by atoms with van der Waals surface area (Å²) in [5.41, 5.74) is 0. The highest BCUT2D eigenvalue weighted by atomic mass is 35.5. The van der Waals surface area contributed by atoms with Crippen molar-refractivity contribution in [2.45, 2.75) is 6.42 Å². The molecule has 1 nitrogen and oxygen atoms in total. The predicted octanol–water partition coefficient (Wildman–Crippen LogP) is 2.25. The van der Waals surface area contributed by atoms with E-state index in [2.05, 4.69) is 0 Å². The van der Waals surface area contributed by atoms with Crippen LogP contribution in [0.5, 0.6) is 0 Å². The Kier molecular flexibility index (Phi) is 2.17. The monoisotopic (exact) mass is 143 g/mol. The first-order chi connectivity index (χ1) is 4.33. The third-order valence-electron chi connectivity index (χ3n) is 1.15. The van der Waals surface area contributed by atoms with Crippen LogP contribution >= 0.6 is 11.6 Å². The van der Waals surface area contributed by atoms with E-state index in [9.17, 15) is 0 Å². The van der Waals surface area contributed by atoms with Gasteiger partial charge in [0, 0.05) is 11.5 Å². The zero-order chi connectivity index (χ0) is 6.69. The van der Waals surface area contributed by atoms with Crippen LogP contribution in [0.15, 0.2) is 22.9 Å². The Morgan fingerprint density at radius 1 is 1.67 bits per heavy atom. The van der Waals surface area contributed by atoms with Crippen molar-refractivity contribution in [1.82, 2.24) is 0 Å². The minimum absolute atomic E-state index is 0.759. The number of hydrogen-bond donors (Lipinski definition) is 0. The Hall–Kier alpha value is -0.430. The molecular formula is C7H8ClO. The maximum absolute atomic E-state index is 5.67. The van der Waals surface area contributed by atoms with Gasteiger partial charge in [-0.15, -0.1) is 0 Å². The van der Waals surface area contributed by atoms with Crippen molar-refractivity contribution in [3.8, 4) is 0 Å². The molecule has 0 heterocycles. The molecule has 0 aliphatic heterocycles. The molecule has 0 fully saturated rings. The second-order valence-electron chi connectivity index (χ2n) is 1.78. The molecule has 0 aromatic carbocycles. The Labute approximate surface area is 60.0 Å². The van der Waals surface area contributed by atoms with Gasteiger partial charge >= 0.3 is 0 Å². The van der Waals surface area contributed by atoms with Gasteiger partial charge in [-0.25, -0.2) is 0 Å². The van der Waals surface area contributed by atoms with E-state index >= 15 is 0 Å². The predicted molar refractivity (Wildman–Crippen MR) is 37.9 cm³/mol. The van der Waals surface area contributed by atoms with E-state index in [-0.39, 0.29) is 0 Å². The van der Waals surface area contributed by atoms with Crippen LogP contribution < -0.4 is 0 Å². The molecule has 0 aromatic rings. The lowest BCUT2D eigenvalue weighted by Gasteiger charge is -2.06. The first-order valence-corrected chi connectivity index (χ1v) is 3.15. The van der Waals surface area contributed by atoms with Gasteiger partial charge in [0.2, 0.25) is 0 Å². The fourth-order valence-corrected chi connectivity index (χ4v) is 0.880. The lowest BCUT2D eigenvalue weighted by Crippen LogP contribution is -1.89. The largest absolute Gasteiger partial charge is 0.497 e. The number of hydrogen-bond acceptors (Lipinski definition) is 1. The molecular weight excluding hydrogens is 136 g/mol. The van der Waals surface area contributed by atoms with Crippen molar-refractivity contribution < 1.29 is 4.74 Å². The van der Waals surface area contributed by atoms with Gasteiger partial charge in [-0.05, 0) is 18.6 Å². The SMILES string of the molecule is COC1=CC[CH]C(Cl)=C1. The van der Waals surface area contributed by atoms with Crippen LogP contribution in [0.25, 0.3) is 0 Å². The molecule has 1 aliphatic carbocycles. The minimum Gasteiger partial charge on any atom is -0.497 e. The molecule has 1 radical (unpaired) electrons. The molecule has 1 rings (SSSR count). The van der Waals surface area contributed by atoms with Crippen LogP contribution in [0.3, 0.4) is 0 Å².